The summed E-state index contributed by atoms with van der Waals surface area (Å²) in [5, 5.41) is 4.22. The molecule has 1 aliphatic carbocycles. The van der Waals surface area contributed by atoms with Crippen LogP contribution >= 0.6 is 0 Å². The molecule has 0 atom stereocenters. The van der Waals surface area contributed by atoms with Gasteiger partial charge in [-0.05, 0) is 36.6 Å². The first-order valence-electron chi connectivity index (χ1n) is 7.01. The molecular weight excluding hydrogens is 265 g/mol. The molecule has 0 bridgehead atoms. The van der Waals surface area contributed by atoms with E-state index in [2.05, 4.69) is 27.4 Å². The summed E-state index contributed by atoms with van der Waals surface area (Å²) in [5.41, 5.74) is 1.92. The SMILES string of the molecule is Fc1ccc2ncnc(NC3(c4ccccc4)CC3)c2c1. The van der Waals surface area contributed by atoms with Gasteiger partial charge in [-0.25, -0.2) is 14.4 Å². The van der Waals surface area contributed by atoms with Crippen molar-refractivity contribution in [2.24, 2.45) is 0 Å². The van der Waals surface area contributed by atoms with Crippen molar-refractivity contribution in [1.29, 1.82) is 0 Å². The normalized spacial score (nSPS) is 15.9. The molecule has 1 aromatic heterocycles. The van der Waals surface area contributed by atoms with Gasteiger partial charge < -0.3 is 5.32 Å². The molecule has 4 heteroatoms. The molecule has 0 amide bonds. The van der Waals surface area contributed by atoms with E-state index in [4.69, 9.17) is 0 Å². The minimum absolute atomic E-state index is 0.0745. The molecule has 0 unspecified atom stereocenters. The number of nitrogens with zero attached hydrogens (tertiary/aromatic N) is 2. The summed E-state index contributed by atoms with van der Waals surface area (Å²) in [5.74, 6) is 0.422. The van der Waals surface area contributed by atoms with E-state index in [1.54, 1.807) is 6.07 Å². The van der Waals surface area contributed by atoms with Gasteiger partial charge in [0.05, 0.1) is 11.1 Å². The third kappa shape index (κ3) is 2.13. The van der Waals surface area contributed by atoms with Gasteiger partial charge in [-0.3, -0.25) is 0 Å². The molecule has 4 rings (SSSR count). The number of benzene rings is 2. The molecule has 1 aliphatic rings. The average Bonchev–Trinajstić information content (AvgIpc) is 3.30. The number of hydrogen-bond acceptors (Lipinski definition) is 3. The number of rotatable bonds is 3. The number of aromatic nitrogens is 2. The fourth-order valence-corrected chi connectivity index (χ4v) is 2.72. The lowest BCUT2D eigenvalue weighted by molar-refractivity contribution is 0.629. The van der Waals surface area contributed by atoms with Crippen LogP contribution in [-0.4, -0.2) is 9.97 Å². The summed E-state index contributed by atoms with van der Waals surface area (Å²) in [6, 6.07) is 14.9. The van der Waals surface area contributed by atoms with Crippen LogP contribution in [0.15, 0.2) is 54.9 Å². The molecule has 0 saturated heterocycles. The first-order chi connectivity index (χ1) is 10.3. The molecular formula is C17H14FN3. The van der Waals surface area contributed by atoms with E-state index in [0.717, 1.165) is 23.7 Å². The highest BCUT2D eigenvalue weighted by molar-refractivity contribution is 5.89. The highest BCUT2D eigenvalue weighted by Gasteiger charge is 2.44. The van der Waals surface area contributed by atoms with Crippen LogP contribution in [0.25, 0.3) is 10.9 Å². The van der Waals surface area contributed by atoms with E-state index in [1.165, 1.54) is 24.0 Å². The molecule has 0 spiro atoms. The Labute approximate surface area is 121 Å². The Hall–Kier alpha value is -2.49. The standard InChI is InChI=1S/C17H14FN3/c18-13-6-7-15-14(10-13)16(20-11-19-15)21-17(8-9-17)12-4-2-1-3-5-12/h1-7,10-11H,8-9H2,(H,19,20,21). The van der Waals surface area contributed by atoms with Crippen molar-refractivity contribution in [2.45, 2.75) is 18.4 Å². The summed E-state index contributed by atoms with van der Waals surface area (Å²) in [7, 11) is 0. The van der Waals surface area contributed by atoms with Crippen molar-refractivity contribution >= 4 is 16.7 Å². The predicted octanol–water partition coefficient (Wildman–Crippen LogP) is 3.87. The van der Waals surface area contributed by atoms with Crippen LogP contribution in [0.3, 0.4) is 0 Å². The Morgan fingerprint density at radius 1 is 1.00 bits per heavy atom. The van der Waals surface area contributed by atoms with E-state index in [0.29, 0.717) is 5.82 Å². The maximum atomic E-state index is 13.5. The van der Waals surface area contributed by atoms with Gasteiger partial charge in [0.1, 0.15) is 18.0 Å². The van der Waals surface area contributed by atoms with Crippen molar-refractivity contribution < 1.29 is 4.39 Å². The topological polar surface area (TPSA) is 37.8 Å². The largest absolute Gasteiger partial charge is 0.360 e. The zero-order valence-electron chi connectivity index (χ0n) is 11.4. The predicted molar refractivity (Wildman–Crippen MR) is 80.5 cm³/mol. The van der Waals surface area contributed by atoms with Gasteiger partial charge in [0.2, 0.25) is 0 Å². The Bertz CT molecular complexity index is 797. The Kier molecular flexibility index (Phi) is 2.64. The molecule has 0 aliphatic heterocycles. The van der Waals surface area contributed by atoms with Crippen LogP contribution in [0.1, 0.15) is 18.4 Å². The van der Waals surface area contributed by atoms with Crippen molar-refractivity contribution in [3.8, 4) is 0 Å². The Morgan fingerprint density at radius 2 is 1.81 bits per heavy atom. The van der Waals surface area contributed by atoms with Crippen molar-refractivity contribution in [3.63, 3.8) is 0 Å². The third-order valence-corrected chi connectivity index (χ3v) is 4.03. The zero-order valence-corrected chi connectivity index (χ0v) is 11.4. The van der Waals surface area contributed by atoms with E-state index >= 15 is 0 Å². The van der Waals surface area contributed by atoms with Crippen LogP contribution < -0.4 is 5.32 Å². The second-order valence-corrected chi connectivity index (χ2v) is 5.46. The number of nitrogens with one attached hydrogen (secondary N) is 1. The Balaban J connectivity index is 1.77. The Morgan fingerprint density at radius 3 is 2.57 bits per heavy atom. The average molecular weight is 279 g/mol. The second-order valence-electron chi connectivity index (χ2n) is 5.46. The first-order valence-corrected chi connectivity index (χ1v) is 7.01. The molecule has 1 N–H and O–H groups in total. The number of halogens is 1. The van der Waals surface area contributed by atoms with Gasteiger partial charge in [-0.1, -0.05) is 30.3 Å². The molecule has 21 heavy (non-hydrogen) atoms. The molecule has 1 heterocycles. The molecule has 3 aromatic rings. The summed E-state index contributed by atoms with van der Waals surface area (Å²) in [6.45, 7) is 0. The quantitative estimate of drug-likeness (QED) is 0.791. The maximum Gasteiger partial charge on any atom is 0.138 e. The number of hydrogen-bond donors (Lipinski definition) is 1. The second kappa shape index (κ2) is 4.52. The molecule has 3 nitrogen and oxygen atoms in total. The molecule has 1 saturated carbocycles. The summed E-state index contributed by atoms with van der Waals surface area (Å²) < 4.78 is 13.5. The molecule has 1 fully saturated rings. The lowest BCUT2D eigenvalue weighted by Gasteiger charge is -2.19. The molecule has 0 radical (unpaired) electrons. The van der Waals surface area contributed by atoms with Gasteiger partial charge >= 0.3 is 0 Å². The summed E-state index contributed by atoms with van der Waals surface area (Å²) >= 11 is 0. The summed E-state index contributed by atoms with van der Waals surface area (Å²) in [6.07, 6.45) is 3.62. The highest BCUT2D eigenvalue weighted by atomic mass is 19.1. The lowest BCUT2D eigenvalue weighted by atomic mass is 10.0. The van der Waals surface area contributed by atoms with E-state index in [9.17, 15) is 4.39 Å². The third-order valence-electron chi connectivity index (χ3n) is 4.03. The van der Waals surface area contributed by atoms with E-state index in [1.807, 2.05) is 18.2 Å². The lowest BCUT2D eigenvalue weighted by Crippen LogP contribution is -2.19. The highest BCUT2D eigenvalue weighted by Crippen LogP contribution is 2.48. The van der Waals surface area contributed by atoms with Gasteiger partial charge in [-0.15, -0.1) is 0 Å². The van der Waals surface area contributed by atoms with Crippen LogP contribution in [-0.2, 0) is 5.54 Å². The van der Waals surface area contributed by atoms with Crippen molar-refractivity contribution in [2.75, 3.05) is 5.32 Å². The summed E-state index contributed by atoms with van der Waals surface area (Å²) in [4.78, 5) is 8.50. The van der Waals surface area contributed by atoms with Crippen LogP contribution in [0, 0.1) is 5.82 Å². The maximum absolute atomic E-state index is 13.5. The van der Waals surface area contributed by atoms with E-state index < -0.39 is 0 Å². The zero-order chi connectivity index (χ0) is 14.3. The number of fused-ring (bicyclic) bond motifs is 1. The van der Waals surface area contributed by atoms with Gasteiger partial charge in [0.25, 0.3) is 0 Å². The first kappa shape index (κ1) is 12.3. The smallest absolute Gasteiger partial charge is 0.138 e. The van der Waals surface area contributed by atoms with Gasteiger partial charge in [-0.2, -0.15) is 0 Å². The number of anilines is 1. The van der Waals surface area contributed by atoms with Crippen LogP contribution in [0.5, 0.6) is 0 Å². The molecule has 104 valence electrons. The van der Waals surface area contributed by atoms with Crippen LogP contribution in [0.4, 0.5) is 10.2 Å². The minimum atomic E-state index is -0.273. The van der Waals surface area contributed by atoms with Gasteiger partial charge in [0.15, 0.2) is 0 Å². The van der Waals surface area contributed by atoms with Crippen molar-refractivity contribution in [3.05, 3.63) is 66.2 Å². The monoisotopic (exact) mass is 279 g/mol. The minimum Gasteiger partial charge on any atom is -0.360 e. The van der Waals surface area contributed by atoms with E-state index in [-0.39, 0.29) is 11.4 Å². The van der Waals surface area contributed by atoms with Crippen LogP contribution in [0.2, 0.25) is 0 Å². The fraction of sp³-hybridized carbons (Fsp3) is 0.176. The fourth-order valence-electron chi connectivity index (χ4n) is 2.72. The van der Waals surface area contributed by atoms with Gasteiger partial charge in [0, 0.05) is 5.39 Å². The molecule has 2 aromatic carbocycles. The van der Waals surface area contributed by atoms with Crippen molar-refractivity contribution in [1.82, 2.24) is 9.97 Å².